The van der Waals surface area contributed by atoms with Gasteiger partial charge in [-0.25, -0.2) is 0 Å². The van der Waals surface area contributed by atoms with Gasteiger partial charge in [-0.3, -0.25) is 4.79 Å². The molecule has 7 heteroatoms. The van der Waals surface area contributed by atoms with E-state index in [0.717, 1.165) is 11.1 Å². The van der Waals surface area contributed by atoms with Gasteiger partial charge in [0.25, 0.3) is 6.47 Å². The average molecular weight is 415 g/mol. The molecule has 0 saturated carbocycles. The van der Waals surface area contributed by atoms with Crippen LogP contribution in [0, 0.1) is 3.57 Å². The van der Waals surface area contributed by atoms with E-state index in [1.54, 1.807) is 28.7 Å². The summed E-state index contributed by atoms with van der Waals surface area (Å²) in [6, 6.07) is 2.86. The fraction of sp³-hybridized carbons (Fsp3) is 0.500. The first kappa shape index (κ1) is 18.2. The third kappa shape index (κ3) is 5.82. The number of fused-ring (bicyclic) bond motifs is 1. The van der Waals surface area contributed by atoms with E-state index in [1.807, 2.05) is 20.8 Å². The molecule has 0 aromatic heterocycles. The molecule has 0 unspecified atom stereocenters. The molecule has 2 rings (SSSR count). The molecule has 0 amide bonds. The summed E-state index contributed by atoms with van der Waals surface area (Å²) in [7, 11) is 0. The van der Waals surface area contributed by atoms with Gasteiger partial charge in [-0.1, -0.05) is 0 Å². The quantitative estimate of drug-likeness (QED) is 0.559. The van der Waals surface area contributed by atoms with Gasteiger partial charge in [0.05, 0.1) is 5.56 Å². The molecule has 0 fully saturated rings. The van der Waals surface area contributed by atoms with Crippen molar-refractivity contribution in [1.82, 2.24) is 5.32 Å². The largest absolute Gasteiger partial charge is 0.462 e. The van der Waals surface area contributed by atoms with Crippen LogP contribution in [0.4, 0.5) is 13.2 Å². The van der Waals surface area contributed by atoms with Crippen LogP contribution in [0.15, 0.2) is 12.1 Å². The summed E-state index contributed by atoms with van der Waals surface area (Å²) < 4.78 is 42.3. The zero-order valence-corrected chi connectivity index (χ0v) is 14.1. The molecule has 0 saturated heterocycles. The molecule has 1 N–H and O–H groups in total. The van der Waals surface area contributed by atoms with Crippen molar-refractivity contribution >= 4 is 29.1 Å². The Balaban J connectivity index is 0.000000270. The fourth-order valence-corrected chi connectivity index (χ4v) is 2.52. The molecule has 0 aliphatic carbocycles. The maximum atomic E-state index is 12.5. The lowest BCUT2D eigenvalue weighted by atomic mass is 10.1. The monoisotopic (exact) mass is 415 g/mol. The van der Waals surface area contributed by atoms with Gasteiger partial charge in [0.1, 0.15) is 5.60 Å². The van der Waals surface area contributed by atoms with E-state index in [-0.39, 0.29) is 9.17 Å². The molecule has 3 nitrogen and oxygen atoms in total. The van der Waals surface area contributed by atoms with Crippen molar-refractivity contribution in [3.05, 3.63) is 32.4 Å². The van der Waals surface area contributed by atoms with Crippen molar-refractivity contribution in [2.45, 2.75) is 45.6 Å². The summed E-state index contributed by atoms with van der Waals surface area (Å²) in [6.45, 7) is 7.13. The molecule has 0 spiro atoms. The van der Waals surface area contributed by atoms with Crippen molar-refractivity contribution in [1.29, 1.82) is 0 Å². The number of nitrogens with one attached hydrogen (secondary N) is 1. The van der Waals surface area contributed by atoms with Crippen molar-refractivity contribution in [2.24, 2.45) is 0 Å². The third-order valence-corrected chi connectivity index (χ3v) is 3.52. The van der Waals surface area contributed by atoms with Crippen LogP contribution in [0.1, 0.15) is 37.5 Å². The maximum Gasteiger partial charge on any atom is 0.417 e. The normalized spacial score (nSPS) is 14.0. The highest BCUT2D eigenvalue weighted by Gasteiger charge is 2.34. The minimum absolute atomic E-state index is 0.276. The first-order chi connectivity index (χ1) is 9.54. The van der Waals surface area contributed by atoms with Gasteiger partial charge >= 0.3 is 6.18 Å². The van der Waals surface area contributed by atoms with Crippen LogP contribution in [0.5, 0.6) is 0 Å². The maximum absolute atomic E-state index is 12.5. The van der Waals surface area contributed by atoms with E-state index in [1.165, 1.54) is 6.07 Å². The number of halogens is 4. The Labute approximate surface area is 135 Å². The number of ether oxygens (including phenoxy) is 1. The lowest BCUT2D eigenvalue weighted by molar-refractivity contribution is -0.139. The van der Waals surface area contributed by atoms with Gasteiger partial charge in [0.2, 0.25) is 0 Å². The topological polar surface area (TPSA) is 38.3 Å². The summed E-state index contributed by atoms with van der Waals surface area (Å²) in [5.74, 6) is 0. The fourth-order valence-electron chi connectivity index (χ4n) is 1.68. The molecule has 1 aromatic rings. The van der Waals surface area contributed by atoms with Gasteiger partial charge in [0, 0.05) is 16.7 Å². The van der Waals surface area contributed by atoms with Crippen LogP contribution in [-0.2, 0) is 28.8 Å². The Morgan fingerprint density at radius 3 is 2.10 bits per heavy atom. The minimum Gasteiger partial charge on any atom is -0.462 e. The lowest BCUT2D eigenvalue weighted by Crippen LogP contribution is -2.17. The Hall–Kier alpha value is -0.830. The Morgan fingerprint density at radius 2 is 1.71 bits per heavy atom. The molecule has 21 heavy (non-hydrogen) atoms. The highest BCUT2D eigenvalue weighted by atomic mass is 127. The van der Waals surface area contributed by atoms with Crippen LogP contribution in [0.25, 0.3) is 0 Å². The number of hydrogen-bond donors (Lipinski definition) is 1. The van der Waals surface area contributed by atoms with Gasteiger partial charge in [-0.15, -0.1) is 0 Å². The summed E-state index contributed by atoms with van der Waals surface area (Å²) in [5, 5.41) is 3.02. The molecule has 0 radical (unpaired) electrons. The van der Waals surface area contributed by atoms with Gasteiger partial charge in [-0.2, -0.15) is 13.2 Å². The SMILES string of the molecule is CC(C)(C)OC=O.FC(F)(F)c1cc2c(cc1I)CNC2. The predicted octanol–water partition coefficient (Wildman–Crippen LogP) is 3.87. The van der Waals surface area contributed by atoms with Crippen LogP contribution < -0.4 is 5.32 Å². The van der Waals surface area contributed by atoms with Crippen LogP contribution in [-0.4, -0.2) is 12.1 Å². The van der Waals surface area contributed by atoms with Gasteiger partial charge in [-0.05, 0) is 66.6 Å². The predicted molar refractivity (Wildman–Crippen MR) is 81.6 cm³/mol. The molecular weight excluding hydrogens is 398 g/mol. The summed E-state index contributed by atoms with van der Waals surface area (Å²) in [6.07, 6.45) is -4.24. The number of carbonyl (C=O) groups excluding carboxylic acids is 1. The number of alkyl halides is 3. The smallest absolute Gasteiger partial charge is 0.417 e. The molecule has 118 valence electrons. The van der Waals surface area contributed by atoms with Crippen LogP contribution in [0.3, 0.4) is 0 Å². The first-order valence-electron chi connectivity index (χ1n) is 6.25. The summed E-state index contributed by atoms with van der Waals surface area (Å²) in [5.41, 5.74) is 0.891. The van der Waals surface area contributed by atoms with E-state index in [0.29, 0.717) is 19.6 Å². The number of carbonyl (C=O) groups is 1. The Morgan fingerprint density at radius 1 is 1.19 bits per heavy atom. The number of rotatable bonds is 1. The molecule has 1 aromatic carbocycles. The van der Waals surface area contributed by atoms with E-state index in [4.69, 9.17) is 0 Å². The standard InChI is InChI=1S/C9H7F3IN.C5H10O2/c10-9(11,12)7-1-5-3-14-4-6(5)2-8(7)13;1-5(2,3)7-4-6/h1-2,14H,3-4H2;4H,1-3H3. The minimum atomic E-state index is -4.24. The first-order valence-corrected chi connectivity index (χ1v) is 7.33. The Kier molecular flexibility index (Phi) is 6.03. The second kappa shape index (κ2) is 6.95. The van der Waals surface area contributed by atoms with Crippen LogP contribution >= 0.6 is 22.6 Å². The zero-order chi connectivity index (χ0) is 16.3. The van der Waals surface area contributed by atoms with Crippen molar-refractivity contribution in [2.75, 3.05) is 0 Å². The second-order valence-corrected chi connectivity index (χ2v) is 6.69. The lowest BCUT2D eigenvalue weighted by Gasteiger charge is -2.14. The van der Waals surface area contributed by atoms with Crippen molar-refractivity contribution in [3.63, 3.8) is 0 Å². The highest BCUT2D eigenvalue weighted by molar-refractivity contribution is 14.1. The highest BCUT2D eigenvalue weighted by Crippen LogP contribution is 2.35. The molecule has 1 heterocycles. The van der Waals surface area contributed by atoms with Crippen molar-refractivity contribution < 1.29 is 22.7 Å². The van der Waals surface area contributed by atoms with E-state index < -0.39 is 11.7 Å². The number of benzene rings is 1. The second-order valence-electron chi connectivity index (χ2n) is 5.53. The van der Waals surface area contributed by atoms with E-state index >= 15 is 0 Å². The molecule has 0 bridgehead atoms. The van der Waals surface area contributed by atoms with Gasteiger partial charge in [0.15, 0.2) is 0 Å². The van der Waals surface area contributed by atoms with Gasteiger partial charge < -0.3 is 10.1 Å². The molecule has 1 aliphatic rings. The molecule has 0 atom stereocenters. The average Bonchev–Trinajstić information content (AvgIpc) is 2.72. The van der Waals surface area contributed by atoms with Crippen LogP contribution in [0.2, 0.25) is 0 Å². The van der Waals surface area contributed by atoms with E-state index in [2.05, 4.69) is 10.1 Å². The third-order valence-electron chi connectivity index (χ3n) is 2.63. The summed E-state index contributed by atoms with van der Waals surface area (Å²) in [4.78, 5) is 9.60. The zero-order valence-electron chi connectivity index (χ0n) is 12.0. The number of hydrogen-bond acceptors (Lipinski definition) is 3. The molecule has 1 aliphatic heterocycles. The van der Waals surface area contributed by atoms with E-state index in [9.17, 15) is 18.0 Å². The summed E-state index contributed by atoms with van der Waals surface area (Å²) >= 11 is 1.73. The molecular formula is C14H17F3INO2. The Bertz CT molecular complexity index is 510. The van der Waals surface area contributed by atoms with Crippen molar-refractivity contribution in [3.8, 4) is 0 Å².